The summed E-state index contributed by atoms with van der Waals surface area (Å²) in [6.45, 7) is 6.50. The zero-order valence-electron chi connectivity index (χ0n) is 19.2. The Balaban J connectivity index is 1.66. The second-order valence-electron chi connectivity index (χ2n) is 7.18. The van der Waals surface area contributed by atoms with Gasteiger partial charge in [0, 0.05) is 12.6 Å². The number of amides is 1. The van der Waals surface area contributed by atoms with Crippen molar-refractivity contribution in [3.63, 3.8) is 0 Å². The van der Waals surface area contributed by atoms with Crippen LogP contribution in [-0.2, 0) is 11.3 Å². The first-order valence-electron chi connectivity index (χ1n) is 10.4. The monoisotopic (exact) mass is 490 g/mol. The Bertz CT molecular complexity index is 1120. The van der Waals surface area contributed by atoms with Gasteiger partial charge >= 0.3 is 0 Å². The summed E-state index contributed by atoms with van der Waals surface area (Å²) in [5, 5.41) is 12.6. The van der Waals surface area contributed by atoms with Crippen LogP contribution < -0.4 is 19.5 Å². The molecular weight excluding hydrogens is 464 g/mol. The molecule has 0 aliphatic carbocycles. The summed E-state index contributed by atoms with van der Waals surface area (Å²) in [6, 6.07) is 10.8. The largest absolute Gasteiger partial charge is 0.497 e. The van der Waals surface area contributed by atoms with Crippen molar-refractivity contribution in [2.24, 2.45) is 0 Å². The maximum atomic E-state index is 12.5. The number of benzene rings is 2. The molecule has 3 aromatic rings. The average Bonchev–Trinajstić information content (AvgIpc) is 3.23. The molecule has 8 nitrogen and oxygen atoms in total. The average molecular weight is 491 g/mol. The fraction of sp³-hybridized carbons (Fsp3) is 0.348. The van der Waals surface area contributed by atoms with Crippen LogP contribution in [0, 0.1) is 6.92 Å². The lowest BCUT2D eigenvalue weighted by atomic mass is 10.2. The maximum absolute atomic E-state index is 12.5. The SMILES string of the molecule is CCn1c(SCC(=O)Nc2ccc(OC)cc2OC)nnc1C(C)Oc1cc(C)ccc1Cl. The molecule has 0 aliphatic heterocycles. The van der Waals surface area contributed by atoms with Gasteiger partial charge in [-0.05, 0) is 50.6 Å². The zero-order chi connectivity index (χ0) is 24.0. The van der Waals surface area contributed by atoms with Gasteiger partial charge in [-0.15, -0.1) is 10.2 Å². The number of ether oxygens (including phenoxy) is 3. The minimum Gasteiger partial charge on any atom is -0.497 e. The smallest absolute Gasteiger partial charge is 0.234 e. The fourth-order valence-electron chi connectivity index (χ4n) is 3.17. The van der Waals surface area contributed by atoms with Gasteiger partial charge in [0.25, 0.3) is 0 Å². The van der Waals surface area contributed by atoms with E-state index >= 15 is 0 Å². The van der Waals surface area contributed by atoms with Crippen molar-refractivity contribution < 1.29 is 19.0 Å². The van der Waals surface area contributed by atoms with E-state index in [4.69, 9.17) is 25.8 Å². The molecule has 1 atom stereocenters. The van der Waals surface area contributed by atoms with Gasteiger partial charge in [-0.25, -0.2) is 0 Å². The van der Waals surface area contributed by atoms with Crippen molar-refractivity contribution >= 4 is 35.0 Å². The van der Waals surface area contributed by atoms with Crippen LogP contribution in [0.1, 0.15) is 31.3 Å². The molecule has 2 aromatic carbocycles. The molecule has 0 spiro atoms. The van der Waals surface area contributed by atoms with Crippen LogP contribution >= 0.6 is 23.4 Å². The predicted molar refractivity (Wildman–Crippen MR) is 130 cm³/mol. The Morgan fingerprint density at radius 1 is 1.15 bits per heavy atom. The number of thioether (sulfide) groups is 1. The van der Waals surface area contributed by atoms with Gasteiger partial charge in [0.1, 0.15) is 17.2 Å². The van der Waals surface area contributed by atoms with E-state index in [1.165, 1.54) is 18.9 Å². The number of halogens is 1. The molecule has 0 aliphatic rings. The van der Waals surface area contributed by atoms with Crippen LogP contribution in [-0.4, -0.2) is 40.6 Å². The summed E-state index contributed by atoms with van der Waals surface area (Å²) in [4.78, 5) is 12.5. The molecular formula is C23H27ClN4O4S. The molecule has 10 heteroatoms. The summed E-state index contributed by atoms with van der Waals surface area (Å²) in [5.41, 5.74) is 1.62. The molecule has 33 heavy (non-hydrogen) atoms. The number of carbonyl (C=O) groups excluding carboxylic acids is 1. The first-order chi connectivity index (χ1) is 15.9. The molecule has 0 radical (unpaired) electrons. The van der Waals surface area contributed by atoms with Crippen molar-refractivity contribution in [2.45, 2.75) is 38.6 Å². The lowest BCUT2D eigenvalue weighted by molar-refractivity contribution is -0.113. The van der Waals surface area contributed by atoms with Gasteiger partial charge < -0.3 is 24.1 Å². The lowest BCUT2D eigenvalue weighted by Gasteiger charge is -2.17. The first-order valence-corrected chi connectivity index (χ1v) is 11.7. The highest BCUT2D eigenvalue weighted by molar-refractivity contribution is 7.99. The van der Waals surface area contributed by atoms with Gasteiger partial charge in [0.2, 0.25) is 5.91 Å². The lowest BCUT2D eigenvalue weighted by Crippen LogP contribution is -2.16. The number of hydrogen-bond acceptors (Lipinski definition) is 7. The maximum Gasteiger partial charge on any atom is 0.234 e. The second-order valence-corrected chi connectivity index (χ2v) is 8.53. The Morgan fingerprint density at radius 2 is 1.94 bits per heavy atom. The summed E-state index contributed by atoms with van der Waals surface area (Å²) < 4.78 is 18.5. The first kappa shape index (κ1) is 24.7. The van der Waals surface area contributed by atoms with Crippen LogP contribution in [0.25, 0.3) is 0 Å². The Kier molecular flexibility index (Phi) is 8.46. The number of carbonyl (C=O) groups is 1. The molecule has 3 rings (SSSR count). The predicted octanol–water partition coefficient (Wildman–Crippen LogP) is 5.15. The number of nitrogens with zero attached hydrogens (tertiary/aromatic N) is 3. The van der Waals surface area contributed by atoms with Gasteiger partial charge in [0.15, 0.2) is 17.1 Å². The number of aromatic nitrogens is 3. The third-order valence-electron chi connectivity index (χ3n) is 4.83. The molecule has 1 amide bonds. The van der Waals surface area contributed by atoms with E-state index in [1.54, 1.807) is 31.4 Å². The molecule has 0 bridgehead atoms. The molecule has 0 fully saturated rings. The minimum atomic E-state index is -0.372. The normalized spacial score (nSPS) is 11.7. The fourth-order valence-corrected chi connectivity index (χ4v) is 4.14. The minimum absolute atomic E-state index is 0.159. The molecule has 0 saturated carbocycles. The number of methoxy groups -OCH3 is 2. The third kappa shape index (κ3) is 6.11. The van der Waals surface area contributed by atoms with E-state index in [0.717, 1.165) is 5.56 Å². The van der Waals surface area contributed by atoms with Crippen molar-refractivity contribution in [2.75, 3.05) is 25.3 Å². The van der Waals surface area contributed by atoms with Gasteiger partial charge in [0.05, 0.1) is 30.7 Å². The van der Waals surface area contributed by atoms with Crippen LogP contribution in [0.4, 0.5) is 5.69 Å². The van der Waals surface area contributed by atoms with Gasteiger partial charge in [-0.1, -0.05) is 29.4 Å². The van der Waals surface area contributed by atoms with Crippen molar-refractivity contribution in [1.82, 2.24) is 14.8 Å². The van der Waals surface area contributed by atoms with Crippen molar-refractivity contribution in [3.8, 4) is 17.2 Å². The third-order valence-corrected chi connectivity index (χ3v) is 6.11. The molecule has 1 heterocycles. The molecule has 1 unspecified atom stereocenters. The highest BCUT2D eigenvalue weighted by Crippen LogP contribution is 2.31. The molecule has 1 N–H and O–H groups in total. The van der Waals surface area contributed by atoms with Gasteiger partial charge in [-0.2, -0.15) is 0 Å². The molecule has 176 valence electrons. The number of hydrogen-bond donors (Lipinski definition) is 1. The van der Waals surface area contributed by atoms with Crippen molar-refractivity contribution in [3.05, 3.63) is 52.8 Å². The van der Waals surface area contributed by atoms with E-state index in [1.807, 2.05) is 37.5 Å². The van der Waals surface area contributed by atoms with E-state index in [0.29, 0.717) is 45.5 Å². The van der Waals surface area contributed by atoms with Crippen LogP contribution in [0.15, 0.2) is 41.6 Å². The van der Waals surface area contributed by atoms with E-state index in [-0.39, 0.29) is 17.8 Å². The number of rotatable bonds is 10. The van der Waals surface area contributed by atoms with Crippen LogP contribution in [0.2, 0.25) is 5.02 Å². The second kappa shape index (κ2) is 11.3. The van der Waals surface area contributed by atoms with Gasteiger partial charge in [-0.3, -0.25) is 4.79 Å². The number of nitrogens with one attached hydrogen (secondary N) is 1. The molecule has 1 aromatic heterocycles. The van der Waals surface area contributed by atoms with Crippen LogP contribution in [0.5, 0.6) is 17.2 Å². The van der Waals surface area contributed by atoms with E-state index in [2.05, 4.69) is 15.5 Å². The highest BCUT2D eigenvalue weighted by atomic mass is 35.5. The summed E-state index contributed by atoms with van der Waals surface area (Å²) >= 11 is 7.56. The summed E-state index contributed by atoms with van der Waals surface area (Å²) in [7, 11) is 3.11. The standard InChI is InChI=1S/C23H27ClN4O4S/c1-6-28-22(15(3)32-19-11-14(2)7-9-17(19)24)26-27-23(28)33-13-21(29)25-18-10-8-16(30-4)12-20(18)31-5/h7-12,15H,6,13H2,1-5H3,(H,25,29). The highest BCUT2D eigenvalue weighted by Gasteiger charge is 2.20. The quantitative estimate of drug-likeness (QED) is 0.393. The summed E-state index contributed by atoms with van der Waals surface area (Å²) in [6.07, 6.45) is -0.372. The van der Waals surface area contributed by atoms with Crippen molar-refractivity contribution in [1.29, 1.82) is 0 Å². The molecule has 0 saturated heterocycles. The van der Waals surface area contributed by atoms with E-state index < -0.39 is 0 Å². The summed E-state index contributed by atoms with van der Waals surface area (Å²) in [5.74, 6) is 2.39. The number of anilines is 1. The van der Waals surface area contributed by atoms with E-state index in [9.17, 15) is 4.79 Å². The Hall–Kier alpha value is -2.91. The Morgan fingerprint density at radius 3 is 2.64 bits per heavy atom. The zero-order valence-corrected chi connectivity index (χ0v) is 20.8. The topological polar surface area (TPSA) is 87.5 Å². The number of aryl methyl sites for hydroxylation is 1. The van der Waals surface area contributed by atoms with Crippen LogP contribution in [0.3, 0.4) is 0 Å². The Labute approximate surface area is 202 Å².